The van der Waals surface area contributed by atoms with Gasteiger partial charge in [-0.3, -0.25) is 4.79 Å². The minimum absolute atomic E-state index is 0.415. The molecule has 4 N–H and O–H groups in total. The minimum atomic E-state index is -0.415. The largest absolute Gasteiger partial charge is 0.373 e. The van der Waals surface area contributed by atoms with Crippen molar-refractivity contribution in [2.75, 3.05) is 20.8 Å². The highest BCUT2D eigenvalue weighted by molar-refractivity contribution is 5.92. The Morgan fingerprint density at radius 2 is 2.45 bits per heavy atom. The first kappa shape index (κ1) is 7.71. The molecule has 5 nitrogen and oxygen atoms in total. The number of nitrogens with two attached hydrogens (primary N) is 1. The van der Waals surface area contributed by atoms with Gasteiger partial charge in [0.15, 0.2) is 0 Å². The van der Waals surface area contributed by atoms with Crippen molar-refractivity contribution < 1.29 is 4.79 Å². The maximum atomic E-state index is 10.8. The molecule has 0 radical (unpaired) electrons. The van der Waals surface area contributed by atoms with Crippen molar-refractivity contribution in [3.8, 4) is 0 Å². The van der Waals surface area contributed by atoms with E-state index in [-0.39, 0.29) is 0 Å². The Morgan fingerprint density at radius 1 is 1.82 bits per heavy atom. The fourth-order valence-corrected chi connectivity index (χ4v) is 1.07. The number of hydrogen-bond acceptors (Lipinski definition) is 4. The third-order valence-corrected chi connectivity index (χ3v) is 1.59. The van der Waals surface area contributed by atoms with Crippen LogP contribution < -0.4 is 16.4 Å². The molecule has 0 aromatic heterocycles. The van der Waals surface area contributed by atoms with Gasteiger partial charge >= 0.3 is 0 Å². The molecule has 5 heteroatoms. The molecule has 0 fully saturated rings. The molecule has 1 rings (SSSR count). The second kappa shape index (κ2) is 2.69. The van der Waals surface area contributed by atoms with Gasteiger partial charge in [0.2, 0.25) is 0 Å². The summed E-state index contributed by atoms with van der Waals surface area (Å²) in [4.78, 5) is 12.6. The molecule has 1 aliphatic heterocycles. The molecule has 0 saturated carbocycles. The van der Waals surface area contributed by atoms with Gasteiger partial charge in [-0.15, -0.1) is 0 Å². The first-order valence-corrected chi connectivity index (χ1v) is 3.33. The summed E-state index contributed by atoms with van der Waals surface area (Å²) in [5.41, 5.74) is 5.64. The van der Waals surface area contributed by atoms with Crippen LogP contribution in [-0.4, -0.2) is 31.6 Å². The molecule has 0 aromatic carbocycles. The first-order valence-electron chi connectivity index (χ1n) is 3.33. The lowest BCUT2D eigenvalue weighted by Crippen LogP contribution is -2.26. The number of amides is 1. The van der Waals surface area contributed by atoms with Gasteiger partial charge in [0.1, 0.15) is 11.5 Å². The average Bonchev–Trinajstić information content (AvgIpc) is 2.30. The van der Waals surface area contributed by atoms with Crippen LogP contribution in [-0.2, 0) is 4.79 Å². The molecule has 1 heterocycles. The Balaban J connectivity index is 2.90. The number of carbonyl (C=O) groups excluding carboxylic acids is 1. The van der Waals surface area contributed by atoms with Crippen LogP contribution in [0.15, 0.2) is 11.5 Å². The second-order valence-electron chi connectivity index (χ2n) is 2.37. The van der Waals surface area contributed by atoms with Gasteiger partial charge in [0.25, 0.3) is 5.91 Å². The summed E-state index contributed by atoms with van der Waals surface area (Å²) in [5, 5.41) is 5.83. The Kier molecular flexibility index (Phi) is 1.89. The van der Waals surface area contributed by atoms with Crippen LogP contribution in [0.5, 0.6) is 0 Å². The van der Waals surface area contributed by atoms with E-state index in [1.54, 1.807) is 19.0 Å². The van der Waals surface area contributed by atoms with Crippen molar-refractivity contribution in [1.29, 1.82) is 0 Å². The van der Waals surface area contributed by atoms with Gasteiger partial charge < -0.3 is 21.3 Å². The van der Waals surface area contributed by atoms with E-state index in [0.29, 0.717) is 18.2 Å². The van der Waals surface area contributed by atoms with Crippen molar-refractivity contribution in [2.45, 2.75) is 0 Å². The topological polar surface area (TPSA) is 70.4 Å². The standard InChI is InChI=1S/C6H12N4O/c1-8-6-4(5(7)11)10(2)3-9-6/h8-9H,3H2,1-2H3,(H2,7,11). The molecule has 11 heavy (non-hydrogen) atoms. The predicted molar refractivity (Wildman–Crippen MR) is 41.0 cm³/mol. The van der Waals surface area contributed by atoms with Crippen LogP contribution in [0.3, 0.4) is 0 Å². The molecule has 0 aromatic rings. The molecular weight excluding hydrogens is 144 g/mol. The second-order valence-corrected chi connectivity index (χ2v) is 2.37. The van der Waals surface area contributed by atoms with Crippen molar-refractivity contribution in [3.05, 3.63) is 11.5 Å². The first-order chi connectivity index (χ1) is 5.16. The lowest BCUT2D eigenvalue weighted by atomic mass is 10.4. The maximum absolute atomic E-state index is 10.8. The lowest BCUT2D eigenvalue weighted by Gasteiger charge is -2.10. The lowest BCUT2D eigenvalue weighted by molar-refractivity contribution is -0.115. The van der Waals surface area contributed by atoms with Crippen molar-refractivity contribution in [2.24, 2.45) is 5.73 Å². The SMILES string of the molecule is CNC1=C(C(N)=O)N(C)CN1. The van der Waals surface area contributed by atoms with Gasteiger partial charge in [-0.25, -0.2) is 0 Å². The molecular formula is C6H12N4O. The number of nitrogens with zero attached hydrogens (tertiary/aromatic N) is 1. The van der Waals surface area contributed by atoms with E-state index in [1.165, 1.54) is 0 Å². The Labute approximate surface area is 65.2 Å². The molecule has 0 spiro atoms. The van der Waals surface area contributed by atoms with Crippen LogP contribution in [0.4, 0.5) is 0 Å². The minimum Gasteiger partial charge on any atom is -0.373 e. The quantitative estimate of drug-likeness (QED) is 0.448. The number of nitrogens with one attached hydrogen (secondary N) is 2. The van der Waals surface area contributed by atoms with Crippen LogP contribution >= 0.6 is 0 Å². The molecule has 0 saturated heterocycles. The predicted octanol–water partition coefficient (Wildman–Crippen LogP) is -1.65. The van der Waals surface area contributed by atoms with Crippen LogP contribution in [0, 0.1) is 0 Å². The summed E-state index contributed by atoms with van der Waals surface area (Å²) in [6.45, 7) is 0.619. The fraction of sp³-hybridized carbons (Fsp3) is 0.500. The Hall–Kier alpha value is -1.39. The van der Waals surface area contributed by atoms with Crippen molar-refractivity contribution >= 4 is 5.91 Å². The zero-order valence-electron chi connectivity index (χ0n) is 6.64. The number of rotatable bonds is 2. The normalized spacial score (nSPS) is 16.7. The average molecular weight is 156 g/mol. The van der Waals surface area contributed by atoms with Gasteiger partial charge in [0.05, 0.1) is 6.67 Å². The van der Waals surface area contributed by atoms with Gasteiger partial charge in [0, 0.05) is 14.1 Å². The van der Waals surface area contributed by atoms with Crippen molar-refractivity contribution in [3.63, 3.8) is 0 Å². The summed E-state index contributed by atoms with van der Waals surface area (Å²) < 4.78 is 0. The number of hydrogen-bond donors (Lipinski definition) is 3. The van der Waals surface area contributed by atoms with E-state index >= 15 is 0 Å². The van der Waals surface area contributed by atoms with Crippen LogP contribution in [0.2, 0.25) is 0 Å². The molecule has 62 valence electrons. The summed E-state index contributed by atoms with van der Waals surface area (Å²) >= 11 is 0. The third kappa shape index (κ3) is 1.21. The number of likely N-dealkylation sites (N-methyl/N-ethyl adjacent to an activating group) is 1. The molecule has 0 atom stereocenters. The van der Waals surface area contributed by atoms with Crippen molar-refractivity contribution in [1.82, 2.24) is 15.5 Å². The maximum Gasteiger partial charge on any atom is 0.268 e. The molecule has 0 aliphatic carbocycles. The summed E-state index contributed by atoms with van der Waals surface area (Å²) in [6, 6.07) is 0. The monoisotopic (exact) mass is 156 g/mol. The van der Waals surface area contributed by atoms with E-state index in [2.05, 4.69) is 10.6 Å². The zero-order valence-corrected chi connectivity index (χ0v) is 6.64. The molecule has 1 aliphatic rings. The van der Waals surface area contributed by atoms with Gasteiger partial charge in [-0.05, 0) is 0 Å². The highest BCUT2D eigenvalue weighted by Gasteiger charge is 2.21. The molecule has 0 unspecified atom stereocenters. The van der Waals surface area contributed by atoms with Gasteiger partial charge in [-0.2, -0.15) is 0 Å². The highest BCUT2D eigenvalue weighted by Crippen LogP contribution is 2.08. The Morgan fingerprint density at radius 3 is 2.82 bits per heavy atom. The van der Waals surface area contributed by atoms with Crippen LogP contribution in [0.1, 0.15) is 0 Å². The number of primary amides is 1. The summed E-state index contributed by atoms with van der Waals surface area (Å²) in [5.74, 6) is 0.279. The highest BCUT2D eigenvalue weighted by atomic mass is 16.1. The molecule has 0 bridgehead atoms. The third-order valence-electron chi connectivity index (χ3n) is 1.59. The van der Waals surface area contributed by atoms with E-state index in [9.17, 15) is 4.79 Å². The van der Waals surface area contributed by atoms with E-state index < -0.39 is 5.91 Å². The van der Waals surface area contributed by atoms with E-state index in [4.69, 9.17) is 5.73 Å². The summed E-state index contributed by atoms with van der Waals surface area (Å²) in [7, 11) is 3.54. The Bertz CT molecular complexity index is 211. The zero-order chi connectivity index (χ0) is 8.43. The number of carbonyl (C=O) groups is 1. The fourth-order valence-electron chi connectivity index (χ4n) is 1.07. The van der Waals surface area contributed by atoms with Gasteiger partial charge in [-0.1, -0.05) is 0 Å². The smallest absolute Gasteiger partial charge is 0.268 e. The van der Waals surface area contributed by atoms with Crippen LogP contribution in [0.25, 0.3) is 0 Å². The van der Waals surface area contributed by atoms with E-state index in [1.807, 2.05) is 0 Å². The molecule has 1 amide bonds. The summed E-state index contributed by atoms with van der Waals surface area (Å²) in [6.07, 6.45) is 0. The van der Waals surface area contributed by atoms with E-state index in [0.717, 1.165) is 0 Å².